The van der Waals surface area contributed by atoms with E-state index in [0.717, 1.165) is 17.8 Å². The van der Waals surface area contributed by atoms with E-state index in [9.17, 15) is 0 Å². The number of nitrogens with zero attached hydrogens (tertiary/aromatic N) is 1. The van der Waals surface area contributed by atoms with Gasteiger partial charge in [0.1, 0.15) is 0 Å². The molecule has 1 nitrogen and oxygen atoms in total. The van der Waals surface area contributed by atoms with E-state index >= 15 is 0 Å². The van der Waals surface area contributed by atoms with Gasteiger partial charge in [0.25, 0.3) is 0 Å². The lowest BCUT2D eigenvalue weighted by atomic mass is 9.48. The molecule has 10 rings (SSSR count). The van der Waals surface area contributed by atoms with Gasteiger partial charge in [-0.25, -0.2) is 0 Å². The van der Waals surface area contributed by atoms with E-state index in [-0.39, 0.29) is 5.41 Å². The molecule has 214 valence electrons. The van der Waals surface area contributed by atoms with Gasteiger partial charge in [0.2, 0.25) is 0 Å². The molecule has 0 spiro atoms. The third-order valence-electron chi connectivity index (χ3n) is 11.5. The van der Waals surface area contributed by atoms with Crippen LogP contribution in [0.4, 0.5) is 0 Å². The number of hydrogen-bond acceptors (Lipinski definition) is 0. The normalized spacial score (nSPS) is 24.9. The summed E-state index contributed by atoms with van der Waals surface area (Å²) < 4.78 is 2.46. The van der Waals surface area contributed by atoms with Crippen LogP contribution in [0.2, 0.25) is 0 Å². The van der Waals surface area contributed by atoms with Crippen LogP contribution in [0.25, 0.3) is 49.4 Å². The SMILES string of the molecule is CC(C)(C)c1ccc2c(c1)c1cc(-c3ccc(C45CC6CC(CC(C6)C4)C5)cc3)ccc1n2-c1ccc2ccccc2c1. The van der Waals surface area contributed by atoms with E-state index in [1.54, 1.807) is 5.56 Å². The van der Waals surface area contributed by atoms with Crippen LogP contribution in [-0.2, 0) is 10.8 Å². The summed E-state index contributed by atoms with van der Waals surface area (Å²) in [6.45, 7) is 6.94. The van der Waals surface area contributed by atoms with Crippen molar-refractivity contribution in [2.24, 2.45) is 17.8 Å². The molecule has 6 aromatic rings. The monoisotopic (exact) mass is 559 g/mol. The van der Waals surface area contributed by atoms with E-state index in [1.807, 2.05) is 0 Å². The largest absolute Gasteiger partial charge is 0.309 e. The highest BCUT2D eigenvalue weighted by atomic mass is 15.0. The van der Waals surface area contributed by atoms with Crippen LogP contribution in [-0.4, -0.2) is 4.57 Å². The van der Waals surface area contributed by atoms with Crippen LogP contribution >= 0.6 is 0 Å². The number of benzene rings is 5. The minimum absolute atomic E-state index is 0.0935. The molecule has 0 saturated heterocycles. The van der Waals surface area contributed by atoms with E-state index in [1.165, 1.54) is 93.5 Å². The zero-order chi connectivity index (χ0) is 28.9. The van der Waals surface area contributed by atoms with E-state index in [2.05, 4.69) is 128 Å². The first-order valence-electron chi connectivity index (χ1n) is 16.5. The van der Waals surface area contributed by atoms with E-state index in [4.69, 9.17) is 0 Å². The average Bonchev–Trinajstić information content (AvgIpc) is 3.33. The topological polar surface area (TPSA) is 4.93 Å². The Morgan fingerprint density at radius 1 is 0.581 bits per heavy atom. The van der Waals surface area contributed by atoms with Gasteiger partial charge in [-0.2, -0.15) is 0 Å². The molecule has 0 N–H and O–H groups in total. The van der Waals surface area contributed by atoms with Gasteiger partial charge in [0, 0.05) is 16.5 Å². The van der Waals surface area contributed by atoms with Crippen molar-refractivity contribution in [2.75, 3.05) is 0 Å². The van der Waals surface area contributed by atoms with Gasteiger partial charge < -0.3 is 4.57 Å². The molecular formula is C42H41N. The summed E-state index contributed by atoms with van der Waals surface area (Å²) in [4.78, 5) is 0. The number of rotatable bonds is 3. The fourth-order valence-electron chi connectivity index (χ4n) is 9.74. The second-order valence-electron chi connectivity index (χ2n) is 15.4. The Bertz CT molecular complexity index is 1990. The smallest absolute Gasteiger partial charge is 0.0541 e. The second-order valence-corrected chi connectivity index (χ2v) is 15.4. The first kappa shape index (κ1) is 25.6. The maximum absolute atomic E-state index is 2.49. The Hall–Kier alpha value is -3.84. The summed E-state index contributed by atoms with van der Waals surface area (Å²) >= 11 is 0. The molecule has 0 amide bonds. The van der Waals surface area contributed by atoms with Crippen molar-refractivity contribution >= 4 is 32.6 Å². The molecule has 4 fully saturated rings. The number of hydrogen-bond donors (Lipinski definition) is 0. The lowest BCUT2D eigenvalue weighted by Crippen LogP contribution is -2.48. The zero-order valence-electron chi connectivity index (χ0n) is 25.7. The third-order valence-corrected chi connectivity index (χ3v) is 11.5. The van der Waals surface area contributed by atoms with Gasteiger partial charge in [0.15, 0.2) is 0 Å². The minimum atomic E-state index is 0.0935. The zero-order valence-corrected chi connectivity index (χ0v) is 25.7. The summed E-state index contributed by atoms with van der Waals surface area (Å²) in [6, 6.07) is 39.6. The number of fused-ring (bicyclic) bond motifs is 4. The predicted molar refractivity (Wildman–Crippen MR) is 182 cm³/mol. The predicted octanol–water partition coefficient (Wildman–Crippen LogP) is 11.4. The van der Waals surface area contributed by atoms with Crippen molar-refractivity contribution in [3.05, 3.63) is 114 Å². The molecule has 0 atom stereocenters. The van der Waals surface area contributed by atoms with Crippen LogP contribution in [0.5, 0.6) is 0 Å². The van der Waals surface area contributed by atoms with Gasteiger partial charge in [-0.15, -0.1) is 0 Å². The van der Waals surface area contributed by atoms with Crippen LogP contribution < -0.4 is 0 Å². The molecule has 1 heterocycles. The van der Waals surface area contributed by atoms with Crippen molar-refractivity contribution in [1.82, 2.24) is 4.57 Å². The highest BCUT2D eigenvalue weighted by molar-refractivity contribution is 6.11. The fraction of sp³-hybridized carbons (Fsp3) is 0.333. The molecular weight excluding hydrogens is 518 g/mol. The lowest BCUT2D eigenvalue weighted by Gasteiger charge is -2.57. The quantitative estimate of drug-likeness (QED) is 0.203. The second kappa shape index (κ2) is 9.08. The average molecular weight is 560 g/mol. The molecule has 1 aromatic heterocycles. The molecule has 4 saturated carbocycles. The van der Waals surface area contributed by atoms with Crippen LogP contribution in [0.15, 0.2) is 103 Å². The van der Waals surface area contributed by atoms with Gasteiger partial charge >= 0.3 is 0 Å². The number of aromatic nitrogens is 1. The van der Waals surface area contributed by atoms with Crippen molar-refractivity contribution in [3.63, 3.8) is 0 Å². The van der Waals surface area contributed by atoms with Gasteiger partial charge in [-0.1, -0.05) is 87.5 Å². The molecule has 0 aliphatic heterocycles. The Labute approximate surface area is 255 Å². The van der Waals surface area contributed by atoms with Gasteiger partial charge in [-0.3, -0.25) is 0 Å². The molecule has 4 aliphatic carbocycles. The van der Waals surface area contributed by atoms with E-state index < -0.39 is 0 Å². The van der Waals surface area contributed by atoms with Crippen molar-refractivity contribution in [2.45, 2.75) is 70.1 Å². The molecule has 0 radical (unpaired) electrons. The van der Waals surface area contributed by atoms with Gasteiger partial charge in [0.05, 0.1) is 11.0 Å². The standard InChI is InChI=1S/C42H41N/c1-41(2,3)35-14-17-40-38(23-35)37-22-33(11-16-39(37)43(40)36-15-10-30-6-4-5-7-32(30)21-36)31-8-12-34(13-9-31)42-24-27-18-28(25-42)20-29(19-27)26-42/h4-17,21-23,27-29H,18-20,24-26H2,1-3H3. The van der Waals surface area contributed by atoms with Crippen molar-refractivity contribution < 1.29 is 0 Å². The van der Waals surface area contributed by atoms with Crippen LogP contribution in [0.1, 0.15) is 70.4 Å². The molecule has 43 heavy (non-hydrogen) atoms. The Balaban J connectivity index is 1.17. The summed E-state index contributed by atoms with van der Waals surface area (Å²) in [7, 11) is 0. The summed E-state index contributed by atoms with van der Waals surface area (Å²) in [5, 5.41) is 5.22. The lowest BCUT2D eigenvalue weighted by molar-refractivity contribution is -0.00518. The highest BCUT2D eigenvalue weighted by Gasteiger charge is 2.51. The first-order valence-corrected chi connectivity index (χ1v) is 16.5. The summed E-state index contributed by atoms with van der Waals surface area (Å²) in [5.41, 5.74) is 9.93. The molecule has 0 unspecified atom stereocenters. The molecule has 1 heteroatoms. The minimum Gasteiger partial charge on any atom is -0.309 e. The Kier molecular flexibility index (Phi) is 5.42. The summed E-state index contributed by atoms with van der Waals surface area (Å²) in [6.07, 6.45) is 8.78. The van der Waals surface area contributed by atoms with E-state index in [0.29, 0.717) is 5.41 Å². The third kappa shape index (κ3) is 4.04. The molecule has 4 bridgehead atoms. The van der Waals surface area contributed by atoms with Crippen molar-refractivity contribution in [1.29, 1.82) is 0 Å². The molecule has 4 aliphatic rings. The Morgan fingerprint density at radius 3 is 1.86 bits per heavy atom. The highest BCUT2D eigenvalue weighted by Crippen LogP contribution is 2.60. The van der Waals surface area contributed by atoms with Crippen molar-refractivity contribution in [3.8, 4) is 16.8 Å². The van der Waals surface area contributed by atoms with Crippen LogP contribution in [0.3, 0.4) is 0 Å². The van der Waals surface area contributed by atoms with Gasteiger partial charge in [-0.05, 0) is 137 Å². The maximum Gasteiger partial charge on any atom is 0.0541 e. The first-order chi connectivity index (χ1) is 20.8. The Morgan fingerprint density at radius 2 is 1.19 bits per heavy atom. The maximum atomic E-state index is 2.49. The molecule has 5 aromatic carbocycles. The fourth-order valence-corrected chi connectivity index (χ4v) is 9.74. The summed E-state index contributed by atoms with van der Waals surface area (Å²) in [5.74, 6) is 2.93. The van der Waals surface area contributed by atoms with Crippen LogP contribution in [0, 0.1) is 17.8 Å².